The molecule has 1 heterocycles. The van der Waals surface area contributed by atoms with Crippen LogP contribution in [-0.4, -0.2) is 31.8 Å². The highest BCUT2D eigenvalue weighted by Gasteiger charge is 2.15. The molecule has 19 heavy (non-hydrogen) atoms. The van der Waals surface area contributed by atoms with Crippen LogP contribution in [0.1, 0.15) is 32.3 Å². The Bertz CT molecular complexity index is 358. The van der Waals surface area contributed by atoms with Crippen LogP contribution in [0.15, 0.2) is 24.3 Å². The van der Waals surface area contributed by atoms with E-state index in [1.54, 1.807) is 0 Å². The van der Waals surface area contributed by atoms with Crippen molar-refractivity contribution in [1.29, 1.82) is 0 Å². The highest BCUT2D eigenvalue weighted by Crippen LogP contribution is 2.14. The summed E-state index contributed by atoms with van der Waals surface area (Å²) in [5.41, 5.74) is 2.63. The van der Waals surface area contributed by atoms with Gasteiger partial charge in [-0.1, -0.05) is 25.5 Å². The summed E-state index contributed by atoms with van der Waals surface area (Å²) in [5.74, 6) is 0. The molecule has 0 radical (unpaired) electrons. The summed E-state index contributed by atoms with van der Waals surface area (Å²) < 4.78 is 5.49. The predicted octanol–water partition coefficient (Wildman–Crippen LogP) is 2.82. The van der Waals surface area contributed by atoms with E-state index in [0.717, 1.165) is 26.2 Å². The van der Waals surface area contributed by atoms with Crippen LogP contribution < -0.4 is 10.6 Å². The molecule has 3 nitrogen and oxygen atoms in total. The van der Waals surface area contributed by atoms with Gasteiger partial charge in [-0.25, -0.2) is 0 Å². The van der Waals surface area contributed by atoms with Crippen LogP contribution in [0.25, 0.3) is 0 Å². The first-order valence-corrected chi connectivity index (χ1v) is 7.44. The molecular formula is C16H26N2O. The van der Waals surface area contributed by atoms with E-state index in [1.165, 1.54) is 24.1 Å². The number of hydrogen-bond acceptors (Lipinski definition) is 3. The Labute approximate surface area is 116 Å². The molecule has 0 bridgehead atoms. The standard InChI is InChI=1S/C16H26N2O/c1-3-4-14-5-7-15(8-6-14)18-13(2)11-16-12-19-10-9-17-16/h5-8,13,16-18H,3-4,9-12H2,1-2H3. The van der Waals surface area contributed by atoms with Gasteiger partial charge in [0.15, 0.2) is 0 Å². The Balaban J connectivity index is 1.78. The lowest BCUT2D eigenvalue weighted by Gasteiger charge is -2.27. The molecule has 0 aliphatic carbocycles. The van der Waals surface area contributed by atoms with Crippen molar-refractivity contribution in [2.75, 3.05) is 25.1 Å². The molecular weight excluding hydrogens is 236 g/mol. The molecule has 1 saturated heterocycles. The number of hydrogen-bond donors (Lipinski definition) is 2. The van der Waals surface area contributed by atoms with E-state index in [4.69, 9.17) is 4.74 Å². The molecule has 1 aromatic carbocycles. The van der Waals surface area contributed by atoms with Crippen molar-refractivity contribution in [2.45, 2.75) is 45.2 Å². The zero-order valence-electron chi connectivity index (χ0n) is 12.1. The van der Waals surface area contributed by atoms with Crippen LogP contribution in [0.4, 0.5) is 5.69 Å². The third-order valence-electron chi connectivity index (χ3n) is 3.54. The van der Waals surface area contributed by atoms with Gasteiger partial charge in [-0.15, -0.1) is 0 Å². The highest BCUT2D eigenvalue weighted by molar-refractivity contribution is 5.45. The molecule has 2 atom stereocenters. The van der Waals surface area contributed by atoms with Crippen LogP contribution in [0, 0.1) is 0 Å². The van der Waals surface area contributed by atoms with E-state index in [-0.39, 0.29) is 0 Å². The van der Waals surface area contributed by atoms with E-state index >= 15 is 0 Å². The molecule has 0 saturated carbocycles. The summed E-state index contributed by atoms with van der Waals surface area (Å²) in [5, 5.41) is 7.06. The molecule has 3 heteroatoms. The summed E-state index contributed by atoms with van der Waals surface area (Å²) in [7, 11) is 0. The third kappa shape index (κ3) is 4.84. The Morgan fingerprint density at radius 3 is 2.79 bits per heavy atom. The molecule has 0 spiro atoms. The molecule has 0 amide bonds. The molecule has 106 valence electrons. The fourth-order valence-corrected chi connectivity index (χ4v) is 2.60. The molecule has 1 aliphatic heterocycles. The minimum Gasteiger partial charge on any atom is -0.383 e. The van der Waals surface area contributed by atoms with Crippen molar-refractivity contribution < 1.29 is 4.74 Å². The van der Waals surface area contributed by atoms with Gasteiger partial charge in [-0.2, -0.15) is 0 Å². The summed E-state index contributed by atoms with van der Waals surface area (Å²) in [6.07, 6.45) is 3.46. The molecule has 2 unspecified atom stereocenters. The molecule has 1 fully saturated rings. The third-order valence-corrected chi connectivity index (χ3v) is 3.54. The Kier molecular flexibility index (Phi) is 5.67. The molecule has 1 aromatic rings. The lowest BCUT2D eigenvalue weighted by atomic mass is 10.1. The van der Waals surface area contributed by atoms with Crippen LogP contribution in [0.3, 0.4) is 0 Å². The number of morpholine rings is 1. The van der Waals surface area contributed by atoms with Gasteiger partial charge in [-0.05, 0) is 37.5 Å². The lowest BCUT2D eigenvalue weighted by molar-refractivity contribution is 0.0731. The van der Waals surface area contributed by atoms with E-state index in [0.29, 0.717) is 12.1 Å². The molecule has 1 aliphatic rings. The second-order valence-electron chi connectivity index (χ2n) is 5.45. The average Bonchev–Trinajstić information content (AvgIpc) is 2.42. The topological polar surface area (TPSA) is 33.3 Å². The van der Waals surface area contributed by atoms with Gasteiger partial charge in [0.25, 0.3) is 0 Å². The van der Waals surface area contributed by atoms with Gasteiger partial charge >= 0.3 is 0 Å². The quantitative estimate of drug-likeness (QED) is 0.827. The largest absolute Gasteiger partial charge is 0.383 e. The van der Waals surface area contributed by atoms with Crippen LogP contribution in [0.5, 0.6) is 0 Å². The molecule has 0 aromatic heterocycles. The van der Waals surface area contributed by atoms with Crippen LogP contribution in [-0.2, 0) is 11.2 Å². The maximum Gasteiger partial charge on any atom is 0.0621 e. The fraction of sp³-hybridized carbons (Fsp3) is 0.625. The Morgan fingerprint density at radius 1 is 1.37 bits per heavy atom. The first-order valence-electron chi connectivity index (χ1n) is 7.44. The van der Waals surface area contributed by atoms with Crippen molar-refractivity contribution in [1.82, 2.24) is 5.32 Å². The second kappa shape index (κ2) is 7.51. The summed E-state index contributed by atoms with van der Waals surface area (Å²) >= 11 is 0. The lowest BCUT2D eigenvalue weighted by Crippen LogP contribution is -2.43. The van der Waals surface area contributed by atoms with Crippen LogP contribution in [0.2, 0.25) is 0 Å². The molecule has 2 N–H and O–H groups in total. The van der Waals surface area contributed by atoms with E-state index < -0.39 is 0 Å². The van der Waals surface area contributed by atoms with Crippen LogP contribution >= 0.6 is 0 Å². The maximum atomic E-state index is 5.49. The number of anilines is 1. The van der Waals surface area contributed by atoms with E-state index in [1.807, 2.05) is 0 Å². The number of rotatable bonds is 6. The van der Waals surface area contributed by atoms with Gasteiger partial charge in [0.1, 0.15) is 0 Å². The monoisotopic (exact) mass is 262 g/mol. The Hall–Kier alpha value is -1.06. The van der Waals surface area contributed by atoms with Gasteiger partial charge in [0, 0.05) is 24.3 Å². The summed E-state index contributed by atoms with van der Waals surface area (Å²) in [6, 6.07) is 9.76. The number of benzene rings is 1. The normalized spacial score (nSPS) is 21.1. The van der Waals surface area contributed by atoms with Crippen molar-refractivity contribution >= 4 is 5.69 Å². The van der Waals surface area contributed by atoms with E-state index in [9.17, 15) is 0 Å². The average molecular weight is 262 g/mol. The summed E-state index contributed by atoms with van der Waals surface area (Å²) in [6.45, 7) is 7.10. The smallest absolute Gasteiger partial charge is 0.0621 e. The number of ether oxygens (including phenoxy) is 1. The minimum absolute atomic E-state index is 0.455. The number of nitrogens with one attached hydrogen (secondary N) is 2. The van der Waals surface area contributed by atoms with E-state index in [2.05, 4.69) is 48.7 Å². The van der Waals surface area contributed by atoms with Crippen molar-refractivity contribution in [3.8, 4) is 0 Å². The predicted molar refractivity (Wildman–Crippen MR) is 80.7 cm³/mol. The van der Waals surface area contributed by atoms with Gasteiger partial charge in [0.05, 0.1) is 13.2 Å². The van der Waals surface area contributed by atoms with Gasteiger partial charge in [0.2, 0.25) is 0 Å². The first-order chi connectivity index (χ1) is 9.28. The minimum atomic E-state index is 0.455. The van der Waals surface area contributed by atoms with Crippen molar-refractivity contribution in [2.24, 2.45) is 0 Å². The highest BCUT2D eigenvalue weighted by atomic mass is 16.5. The first kappa shape index (κ1) is 14.4. The SMILES string of the molecule is CCCc1ccc(NC(C)CC2COCCN2)cc1. The number of aryl methyl sites for hydroxylation is 1. The summed E-state index contributed by atoms with van der Waals surface area (Å²) in [4.78, 5) is 0. The van der Waals surface area contributed by atoms with Gasteiger partial charge < -0.3 is 15.4 Å². The molecule has 2 rings (SSSR count). The van der Waals surface area contributed by atoms with Crippen molar-refractivity contribution in [3.05, 3.63) is 29.8 Å². The van der Waals surface area contributed by atoms with Gasteiger partial charge in [-0.3, -0.25) is 0 Å². The fourth-order valence-electron chi connectivity index (χ4n) is 2.60. The Morgan fingerprint density at radius 2 is 2.16 bits per heavy atom. The maximum absolute atomic E-state index is 5.49. The second-order valence-corrected chi connectivity index (χ2v) is 5.45. The zero-order valence-corrected chi connectivity index (χ0v) is 12.1. The zero-order chi connectivity index (χ0) is 13.5. The van der Waals surface area contributed by atoms with Crippen molar-refractivity contribution in [3.63, 3.8) is 0 Å².